The lowest BCUT2D eigenvalue weighted by molar-refractivity contribution is -0.143. The molecule has 3 heterocycles. The van der Waals surface area contributed by atoms with Gasteiger partial charge in [-0.1, -0.05) is 6.07 Å². The highest BCUT2D eigenvalue weighted by molar-refractivity contribution is 6.04. The van der Waals surface area contributed by atoms with Gasteiger partial charge in [-0.15, -0.1) is 0 Å². The number of carbonyl (C=O) groups is 2. The van der Waals surface area contributed by atoms with Crippen LogP contribution in [0.5, 0.6) is 0 Å². The summed E-state index contributed by atoms with van der Waals surface area (Å²) in [7, 11) is 1.34. The molecule has 0 unspecified atom stereocenters. The van der Waals surface area contributed by atoms with Crippen molar-refractivity contribution in [3.8, 4) is 11.1 Å². The van der Waals surface area contributed by atoms with Crippen molar-refractivity contribution in [2.24, 2.45) is 0 Å². The molecular weight excluding hydrogens is 605 g/mol. The first-order valence-corrected chi connectivity index (χ1v) is 14.3. The van der Waals surface area contributed by atoms with Gasteiger partial charge in [0.25, 0.3) is 0 Å². The third-order valence-electron chi connectivity index (χ3n) is 8.66. The van der Waals surface area contributed by atoms with Gasteiger partial charge in [0.2, 0.25) is 11.8 Å². The number of nitrogens with zero attached hydrogens (tertiary/aromatic N) is 4. The fraction of sp³-hybridized carbons (Fsp3) is 0.406. The van der Waals surface area contributed by atoms with Crippen molar-refractivity contribution in [2.75, 3.05) is 36.5 Å². The Morgan fingerprint density at radius 3 is 2.11 bits per heavy atom. The average molecular weight is 637 g/mol. The van der Waals surface area contributed by atoms with Gasteiger partial charge in [-0.05, 0) is 93.2 Å². The minimum atomic E-state index is -5.09. The van der Waals surface area contributed by atoms with Crippen LogP contribution in [0.25, 0.3) is 11.1 Å². The van der Waals surface area contributed by atoms with Crippen LogP contribution in [0.4, 0.5) is 42.2 Å². The van der Waals surface area contributed by atoms with E-state index in [9.17, 15) is 40.3 Å². The van der Waals surface area contributed by atoms with Crippen LogP contribution in [-0.2, 0) is 27.4 Å². The van der Waals surface area contributed by atoms with E-state index >= 15 is 0 Å². The van der Waals surface area contributed by atoms with Crippen LogP contribution in [0, 0.1) is 12.7 Å². The molecule has 1 atom stereocenters. The molecule has 0 saturated carbocycles. The van der Waals surface area contributed by atoms with Gasteiger partial charge in [-0.25, -0.2) is 9.37 Å². The molecule has 2 aliphatic rings. The monoisotopic (exact) mass is 636 g/mol. The van der Waals surface area contributed by atoms with Gasteiger partial charge >= 0.3 is 12.4 Å². The molecule has 6 nitrogen and oxygen atoms in total. The second kappa shape index (κ2) is 11.4. The number of fused-ring (bicyclic) bond motifs is 1. The molecule has 3 aromatic rings. The fourth-order valence-corrected chi connectivity index (χ4v) is 6.08. The molecule has 240 valence electrons. The molecule has 1 aromatic heterocycles. The summed E-state index contributed by atoms with van der Waals surface area (Å²) in [6, 6.07) is 6.44. The number of piperazine rings is 1. The normalized spacial score (nSPS) is 17.9. The third-order valence-corrected chi connectivity index (χ3v) is 8.66. The van der Waals surface area contributed by atoms with Gasteiger partial charge in [-0.3, -0.25) is 19.4 Å². The number of carbonyl (C=O) groups excluding carboxylic acids is 2. The summed E-state index contributed by atoms with van der Waals surface area (Å²) in [6.45, 7) is 5.99. The van der Waals surface area contributed by atoms with E-state index in [1.165, 1.54) is 45.3 Å². The largest absolute Gasteiger partial charge is 0.416 e. The number of amides is 2. The Balaban J connectivity index is 1.59. The predicted molar refractivity (Wildman–Crippen MR) is 154 cm³/mol. The molecule has 0 bridgehead atoms. The van der Waals surface area contributed by atoms with Gasteiger partial charge < -0.3 is 4.90 Å². The van der Waals surface area contributed by atoms with Crippen molar-refractivity contribution in [1.29, 1.82) is 0 Å². The highest BCUT2D eigenvalue weighted by atomic mass is 19.4. The van der Waals surface area contributed by atoms with E-state index in [-0.39, 0.29) is 23.7 Å². The lowest BCUT2D eigenvalue weighted by Gasteiger charge is -2.36. The summed E-state index contributed by atoms with van der Waals surface area (Å²) in [5.41, 5.74) is -3.87. The number of aryl methyl sites for hydroxylation is 1. The summed E-state index contributed by atoms with van der Waals surface area (Å²) < 4.78 is 95.8. The van der Waals surface area contributed by atoms with Crippen LogP contribution >= 0.6 is 0 Å². The summed E-state index contributed by atoms with van der Waals surface area (Å²) in [5, 5.41) is 0. The van der Waals surface area contributed by atoms with E-state index in [2.05, 4.69) is 9.88 Å². The van der Waals surface area contributed by atoms with Crippen molar-refractivity contribution in [2.45, 2.75) is 57.4 Å². The Morgan fingerprint density at radius 2 is 1.51 bits per heavy atom. The summed E-state index contributed by atoms with van der Waals surface area (Å²) in [6.07, 6.45) is -7.22. The number of rotatable bonds is 5. The second-order valence-electron chi connectivity index (χ2n) is 12.0. The van der Waals surface area contributed by atoms with E-state index in [1.807, 2.05) is 0 Å². The van der Waals surface area contributed by atoms with Gasteiger partial charge in [0.1, 0.15) is 11.6 Å². The molecule has 13 heteroatoms. The van der Waals surface area contributed by atoms with Crippen LogP contribution in [0.2, 0.25) is 0 Å². The fourth-order valence-electron chi connectivity index (χ4n) is 6.08. The Kier molecular flexibility index (Phi) is 8.22. The third kappa shape index (κ3) is 6.14. The zero-order valence-corrected chi connectivity index (χ0v) is 25.0. The Hall–Kier alpha value is -4.00. The van der Waals surface area contributed by atoms with Crippen LogP contribution in [0.1, 0.15) is 48.9 Å². The number of alkyl halides is 6. The van der Waals surface area contributed by atoms with Crippen LogP contribution in [0.15, 0.2) is 48.7 Å². The van der Waals surface area contributed by atoms with E-state index in [0.717, 1.165) is 24.3 Å². The molecule has 2 saturated heterocycles. The topological polar surface area (TPSA) is 56.8 Å². The maximum atomic E-state index is 14.1. The molecule has 2 amide bonds. The highest BCUT2D eigenvalue weighted by Gasteiger charge is 2.42. The molecule has 45 heavy (non-hydrogen) atoms. The molecule has 0 radical (unpaired) electrons. The summed E-state index contributed by atoms with van der Waals surface area (Å²) in [5.74, 6) is -1.13. The first-order valence-electron chi connectivity index (χ1n) is 14.3. The van der Waals surface area contributed by atoms with Crippen molar-refractivity contribution >= 4 is 23.3 Å². The van der Waals surface area contributed by atoms with Gasteiger partial charge in [0.15, 0.2) is 0 Å². The standard InChI is InChI=1S/C32H31F7N4O2/c1-18-12-22(33)7-8-23(18)24-16-27(43-11-10-42-9-5-6-25(42)28(43)44)40-17-26(24)41(4)29(45)30(2,3)19-13-20(31(34,35)36)15-21(14-19)32(37,38)39/h7-8,12-17,25H,5-6,9-11H2,1-4H3/t25-/m1/s1. The maximum absolute atomic E-state index is 14.1. The average Bonchev–Trinajstić information content (AvgIpc) is 3.45. The molecule has 2 fully saturated rings. The number of pyridine rings is 1. The molecule has 2 aliphatic heterocycles. The Morgan fingerprint density at radius 1 is 0.889 bits per heavy atom. The molecule has 0 spiro atoms. The van der Waals surface area contributed by atoms with Crippen LogP contribution in [-0.4, -0.2) is 54.4 Å². The second-order valence-corrected chi connectivity index (χ2v) is 12.0. The van der Waals surface area contributed by atoms with Crippen LogP contribution < -0.4 is 9.80 Å². The number of aromatic nitrogens is 1. The van der Waals surface area contributed by atoms with Crippen molar-refractivity contribution in [3.05, 3.63) is 76.7 Å². The molecule has 2 aromatic carbocycles. The zero-order chi connectivity index (χ0) is 33.1. The zero-order valence-electron chi connectivity index (χ0n) is 25.0. The molecular formula is C32H31F7N4O2. The number of likely N-dealkylation sites (N-methyl/N-ethyl adjacent to an activating group) is 1. The first kappa shape index (κ1) is 32.4. The van der Waals surface area contributed by atoms with Gasteiger partial charge in [0.05, 0.1) is 34.5 Å². The minimum absolute atomic E-state index is 0.0124. The number of hydrogen-bond donors (Lipinski definition) is 0. The summed E-state index contributed by atoms with van der Waals surface area (Å²) >= 11 is 0. The number of anilines is 2. The summed E-state index contributed by atoms with van der Waals surface area (Å²) in [4.78, 5) is 36.6. The SMILES string of the molecule is Cc1cc(F)ccc1-c1cc(N2CCN3CCC[C@@H]3C2=O)ncc1N(C)C(=O)C(C)(C)c1cc(C(F)(F)F)cc(C(F)(F)F)c1. The lowest BCUT2D eigenvalue weighted by atomic mass is 9.81. The van der Waals surface area contributed by atoms with Gasteiger partial charge in [-0.2, -0.15) is 26.3 Å². The van der Waals surface area contributed by atoms with E-state index in [0.29, 0.717) is 47.7 Å². The molecule has 5 rings (SSSR count). The first-order chi connectivity index (χ1) is 20.9. The van der Waals surface area contributed by atoms with E-state index < -0.39 is 46.2 Å². The molecule has 0 N–H and O–H groups in total. The lowest BCUT2D eigenvalue weighted by Crippen LogP contribution is -2.54. The Bertz CT molecular complexity index is 1620. The number of benzene rings is 2. The van der Waals surface area contributed by atoms with Gasteiger partial charge in [0, 0.05) is 25.7 Å². The van der Waals surface area contributed by atoms with Crippen molar-refractivity contribution in [3.63, 3.8) is 0 Å². The quantitative estimate of drug-likeness (QED) is 0.284. The predicted octanol–water partition coefficient (Wildman–Crippen LogP) is 6.99. The highest BCUT2D eigenvalue weighted by Crippen LogP contribution is 2.41. The Labute approximate surface area is 255 Å². The van der Waals surface area contributed by atoms with E-state index in [4.69, 9.17) is 0 Å². The van der Waals surface area contributed by atoms with Crippen molar-refractivity contribution in [1.82, 2.24) is 9.88 Å². The van der Waals surface area contributed by atoms with Crippen LogP contribution in [0.3, 0.4) is 0 Å². The van der Waals surface area contributed by atoms with Crippen molar-refractivity contribution < 1.29 is 40.3 Å². The number of hydrogen-bond acceptors (Lipinski definition) is 4. The maximum Gasteiger partial charge on any atom is 0.416 e. The minimum Gasteiger partial charge on any atom is -0.313 e. The van der Waals surface area contributed by atoms with E-state index in [1.54, 1.807) is 17.9 Å². The smallest absolute Gasteiger partial charge is 0.313 e. The molecule has 0 aliphatic carbocycles. The number of halogens is 7.